The Kier molecular flexibility index (Phi) is 3.54. The molecule has 0 spiro atoms. The van der Waals surface area contributed by atoms with Crippen LogP contribution in [0.25, 0.3) is 0 Å². The van der Waals surface area contributed by atoms with Crippen molar-refractivity contribution in [3.63, 3.8) is 0 Å². The van der Waals surface area contributed by atoms with Crippen LogP contribution < -0.4 is 11.2 Å². The van der Waals surface area contributed by atoms with Gasteiger partial charge in [-0.25, -0.2) is 29.6 Å². The van der Waals surface area contributed by atoms with Gasteiger partial charge in [0.05, 0.1) is 13.1 Å². The van der Waals surface area contributed by atoms with E-state index < -0.39 is 10.1 Å². The summed E-state index contributed by atoms with van der Waals surface area (Å²) in [6.45, 7) is 0.183. The molecule has 2 rings (SSSR count). The number of aromatic amines is 2. The number of hydrogen-bond donors (Lipinski definition) is 2. The summed E-state index contributed by atoms with van der Waals surface area (Å²) < 4.78 is 2.32. The van der Waals surface area contributed by atoms with Gasteiger partial charge < -0.3 is 0 Å². The molecule has 0 bridgehead atoms. The largest absolute Gasteiger partial charge is 0.337 e. The predicted octanol–water partition coefficient (Wildman–Crippen LogP) is -3.59. The van der Waals surface area contributed by atoms with E-state index in [0.717, 1.165) is 9.36 Å². The Bertz CT molecular complexity index is 679. The molecule has 16 nitrogen and oxygen atoms in total. The van der Waals surface area contributed by atoms with Crippen LogP contribution in [0.2, 0.25) is 0 Å². The Hall–Kier alpha value is -3.46. The summed E-state index contributed by atoms with van der Waals surface area (Å²) in [6, 6.07) is 0. The maximum Gasteiger partial charge on any atom is 0.337 e. The summed E-state index contributed by atoms with van der Waals surface area (Å²) in [6.07, 6.45) is 0. The highest BCUT2D eigenvalue weighted by Crippen LogP contribution is 1.79. The molecule has 0 radical (unpaired) electrons. The third-order valence-electron chi connectivity index (χ3n) is 1.98. The predicted molar refractivity (Wildman–Crippen MR) is 53.9 cm³/mol. The average molecular weight is 286 g/mol. The Labute approximate surface area is 106 Å². The molecule has 2 heterocycles. The van der Waals surface area contributed by atoms with E-state index >= 15 is 0 Å². The van der Waals surface area contributed by atoms with Gasteiger partial charge in [0.2, 0.25) is 0 Å². The van der Waals surface area contributed by atoms with E-state index in [1.54, 1.807) is 0 Å². The number of nitro groups is 2. The number of hydrogen-bond acceptors (Lipinski definition) is 8. The van der Waals surface area contributed by atoms with Gasteiger partial charge in [-0.05, 0) is 10.4 Å². The van der Waals surface area contributed by atoms with Crippen molar-refractivity contribution in [3.05, 3.63) is 31.5 Å². The fraction of sp³-hybridized carbons (Fsp3) is 0.500. The maximum absolute atomic E-state index is 10.2. The normalized spacial score (nSPS) is 12.8. The molecule has 0 aromatic carbocycles. The highest BCUT2D eigenvalue weighted by Gasteiger charge is 2.06. The van der Waals surface area contributed by atoms with Gasteiger partial charge in [-0.3, -0.25) is 0 Å². The second kappa shape index (κ2) is 5.46. The molecule has 0 unspecified atom stereocenters. The van der Waals surface area contributed by atoms with E-state index in [0.29, 0.717) is 0 Å². The lowest BCUT2D eigenvalue weighted by Gasteiger charge is -1.99. The third kappa shape index (κ3) is 3.05. The minimum absolute atomic E-state index is 0.0917. The minimum Gasteiger partial charge on any atom is -0.233 e. The van der Waals surface area contributed by atoms with E-state index in [9.17, 15) is 20.2 Å². The zero-order chi connectivity index (χ0) is 14.5. The number of aryl methyl sites for hydroxylation is 2. The zero-order valence-corrected chi connectivity index (χ0v) is 9.52. The van der Waals surface area contributed by atoms with Crippen LogP contribution in [0, 0.1) is 20.2 Å². The maximum atomic E-state index is 10.2. The van der Waals surface area contributed by atoms with Crippen molar-refractivity contribution in [1.29, 1.82) is 0 Å². The summed E-state index contributed by atoms with van der Waals surface area (Å²) in [7, 11) is 0. The standard InChI is InChI=1S/C4H6N12O4/c17-15(18)7-3-5-9-11-13(3)1-2-14-4(6-10-12-14)8-16(19)20/h1-2H2,(H,5,7,11)(H,6,8,12). The van der Waals surface area contributed by atoms with Gasteiger partial charge in [0.25, 0.3) is 0 Å². The van der Waals surface area contributed by atoms with E-state index in [1.807, 2.05) is 0 Å². The molecular weight excluding hydrogens is 280 g/mol. The molecule has 0 saturated heterocycles. The molecule has 2 aromatic heterocycles. The van der Waals surface area contributed by atoms with E-state index in [1.165, 1.54) is 0 Å². The van der Waals surface area contributed by atoms with E-state index in [2.05, 4.69) is 41.3 Å². The third-order valence-corrected chi connectivity index (χ3v) is 1.98. The minimum atomic E-state index is -0.924. The van der Waals surface area contributed by atoms with Crippen LogP contribution in [0.3, 0.4) is 0 Å². The highest BCUT2D eigenvalue weighted by atomic mass is 16.7. The second-order valence-electron chi connectivity index (χ2n) is 3.18. The summed E-state index contributed by atoms with van der Waals surface area (Å²) in [5, 5.41) is 42.8. The molecule has 106 valence electrons. The molecule has 0 aliphatic carbocycles. The van der Waals surface area contributed by atoms with Crippen molar-refractivity contribution in [2.45, 2.75) is 13.1 Å². The van der Waals surface area contributed by atoms with Gasteiger partial charge in [0, 0.05) is 0 Å². The summed E-state index contributed by atoms with van der Waals surface area (Å²) in [4.78, 5) is 20.5. The Morgan fingerprint density at radius 1 is 0.950 bits per heavy atom. The molecule has 0 aliphatic rings. The van der Waals surface area contributed by atoms with Gasteiger partial charge in [-0.1, -0.05) is 10.2 Å². The Morgan fingerprint density at radius 2 is 1.35 bits per heavy atom. The van der Waals surface area contributed by atoms with Crippen molar-refractivity contribution in [2.75, 3.05) is 0 Å². The number of rotatable bonds is 5. The van der Waals surface area contributed by atoms with Gasteiger partial charge in [0.15, 0.2) is 10.1 Å². The first-order chi connectivity index (χ1) is 9.56. The van der Waals surface area contributed by atoms with E-state index in [4.69, 9.17) is 0 Å². The van der Waals surface area contributed by atoms with Crippen LogP contribution in [0.1, 0.15) is 0 Å². The monoisotopic (exact) mass is 286 g/mol. The van der Waals surface area contributed by atoms with Crippen LogP contribution in [0.4, 0.5) is 0 Å². The molecule has 20 heavy (non-hydrogen) atoms. The van der Waals surface area contributed by atoms with Gasteiger partial charge in [-0.15, -0.1) is 0 Å². The molecule has 0 atom stereocenters. The van der Waals surface area contributed by atoms with E-state index in [-0.39, 0.29) is 24.3 Å². The van der Waals surface area contributed by atoms with Crippen LogP contribution in [-0.4, -0.2) is 50.5 Å². The summed E-state index contributed by atoms with van der Waals surface area (Å²) in [5.41, 5.74) is -0.508. The lowest BCUT2D eigenvalue weighted by Crippen LogP contribution is -2.28. The highest BCUT2D eigenvalue weighted by molar-refractivity contribution is 4.52. The fourth-order valence-electron chi connectivity index (χ4n) is 1.23. The van der Waals surface area contributed by atoms with Crippen molar-refractivity contribution in [3.8, 4) is 0 Å². The van der Waals surface area contributed by atoms with Crippen molar-refractivity contribution >= 4 is 0 Å². The smallest absolute Gasteiger partial charge is 0.233 e. The number of nitrogens with one attached hydrogen (secondary N) is 2. The van der Waals surface area contributed by atoms with Crippen molar-refractivity contribution < 1.29 is 10.1 Å². The lowest BCUT2D eigenvalue weighted by atomic mass is 10.6. The SMILES string of the molecule is O=[N+]([O-])/N=c1\nn[nH]n1CCn1[nH]nn/c1=N\[N+](=O)[O-]. The molecule has 0 amide bonds. The van der Waals surface area contributed by atoms with Gasteiger partial charge >= 0.3 is 11.2 Å². The fourth-order valence-corrected chi connectivity index (χ4v) is 1.23. The lowest BCUT2D eigenvalue weighted by molar-refractivity contribution is -0.491. The molecule has 2 N–H and O–H groups in total. The quantitative estimate of drug-likeness (QED) is 0.414. The van der Waals surface area contributed by atoms with Crippen LogP contribution in [0.15, 0.2) is 10.2 Å². The second-order valence-corrected chi connectivity index (χ2v) is 3.18. The van der Waals surface area contributed by atoms with Crippen LogP contribution in [-0.2, 0) is 13.1 Å². The van der Waals surface area contributed by atoms with Crippen LogP contribution >= 0.6 is 0 Å². The molecule has 0 aliphatic heterocycles. The van der Waals surface area contributed by atoms with Crippen molar-refractivity contribution in [2.24, 2.45) is 10.2 Å². The average Bonchev–Trinajstić information content (AvgIpc) is 2.95. The first-order valence-electron chi connectivity index (χ1n) is 4.90. The number of tetrazole rings is 2. The number of nitrogens with zero attached hydrogens (tertiary/aromatic N) is 10. The zero-order valence-electron chi connectivity index (χ0n) is 9.52. The summed E-state index contributed by atoms with van der Waals surface area (Å²) >= 11 is 0. The summed E-state index contributed by atoms with van der Waals surface area (Å²) in [5.74, 6) is 0. The first-order valence-corrected chi connectivity index (χ1v) is 4.90. The molecule has 0 fully saturated rings. The van der Waals surface area contributed by atoms with Crippen molar-refractivity contribution in [1.82, 2.24) is 40.4 Å². The Balaban J connectivity index is 2.19. The van der Waals surface area contributed by atoms with Gasteiger partial charge in [-0.2, -0.15) is 10.4 Å². The van der Waals surface area contributed by atoms with Crippen LogP contribution in [0.5, 0.6) is 0 Å². The Morgan fingerprint density at radius 3 is 1.70 bits per heavy atom. The molecule has 2 aromatic rings. The molecule has 16 heteroatoms. The first kappa shape index (κ1) is 13.0. The topological polar surface area (TPSA) is 204 Å². The number of aromatic nitrogens is 8. The number of H-pyrrole nitrogens is 2. The molecular formula is C4H6N12O4. The molecule has 0 saturated carbocycles. The van der Waals surface area contributed by atoms with Gasteiger partial charge in [0.1, 0.15) is 10.2 Å².